The van der Waals surface area contributed by atoms with Gasteiger partial charge < -0.3 is 20.4 Å². The van der Waals surface area contributed by atoms with Crippen LogP contribution in [0.25, 0.3) is 22.6 Å². The van der Waals surface area contributed by atoms with Crippen LogP contribution in [0.5, 0.6) is 5.75 Å². The highest BCUT2D eigenvalue weighted by molar-refractivity contribution is 9.10. The van der Waals surface area contributed by atoms with E-state index in [0.29, 0.717) is 18.3 Å². The molecule has 0 atom stereocenters. The fraction of sp³-hybridized carbons (Fsp3) is 0.368. The second kappa shape index (κ2) is 8.16. The van der Waals surface area contributed by atoms with Gasteiger partial charge in [-0.15, -0.1) is 0 Å². The fourth-order valence-corrected chi connectivity index (χ4v) is 3.51. The second-order valence-electron chi connectivity index (χ2n) is 6.46. The van der Waals surface area contributed by atoms with E-state index in [-0.39, 0.29) is 0 Å². The van der Waals surface area contributed by atoms with Gasteiger partial charge in [-0.1, -0.05) is 0 Å². The zero-order valence-corrected chi connectivity index (χ0v) is 16.1. The van der Waals surface area contributed by atoms with E-state index in [2.05, 4.69) is 41.5 Å². The molecule has 0 spiro atoms. The topological polar surface area (TPSA) is 74.9 Å². The summed E-state index contributed by atoms with van der Waals surface area (Å²) in [4.78, 5) is 12.1. The van der Waals surface area contributed by atoms with Gasteiger partial charge in [-0.25, -0.2) is 9.97 Å². The number of ether oxygens (including phenoxy) is 1. The van der Waals surface area contributed by atoms with Crippen LogP contribution in [0.1, 0.15) is 12.8 Å². The maximum absolute atomic E-state index is 5.84. The van der Waals surface area contributed by atoms with Crippen LogP contribution in [0.3, 0.4) is 0 Å². The predicted molar refractivity (Wildman–Crippen MR) is 106 cm³/mol. The number of hydrogen-bond donors (Lipinski definition) is 3. The summed E-state index contributed by atoms with van der Waals surface area (Å²) in [6, 6.07) is 10.6. The average molecular weight is 416 g/mol. The van der Waals surface area contributed by atoms with Crippen LogP contribution in [-0.4, -0.2) is 47.2 Å². The van der Waals surface area contributed by atoms with Crippen molar-refractivity contribution in [3.05, 3.63) is 41.0 Å². The molecule has 0 amide bonds. The van der Waals surface area contributed by atoms with Crippen LogP contribution < -0.4 is 15.4 Å². The van der Waals surface area contributed by atoms with Gasteiger partial charge in [0.2, 0.25) is 0 Å². The van der Waals surface area contributed by atoms with Gasteiger partial charge in [0, 0.05) is 28.8 Å². The molecule has 1 fully saturated rings. The lowest BCUT2D eigenvalue weighted by atomic mass is 10.1. The number of halogens is 1. The van der Waals surface area contributed by atoms with Crippen molar-refractivity contribution >= 4 is 27.1 Å². The molecule has 136 valence electrons. The third kappa shape index (κ3) is 4.23. The summed E-state index contributed by atoms with van der Waals surface area (Å²) in [5.41, 5.74) is 2.64. The monoisotopic (exact) mass is 415 g/mol. The number of fused-ring (bicyclic) bond motifs is 1. The molecule has 0 aliphatic carbocycles. The quantitative estimate of drug-likeness (QED) is 0.539. The molecular weight excluding hydrogens is 394 g/mol. The Bertz CT molecular complexity index is 858. The molecule has 0 unspecified atom stereocenters. The molecule has 3 N–H and O–H groups in total. The minimum absolute atomic E-state index is 0.615. The first-order valence-electron chi connectivity index (χ1n) is 8.96. The number of imidazole rings is 1. The summed E-state index contributed by atoms with van der Waals surface area (Å²) in [7, 11) is 0. The van der Waals surface area contributed by atoms with Crippen LogP contribution in [0.15, 0.2) is 41.0 Å². The highest BCUT2D eigenvalue weighted by Crippen LogP contribution is 2.23. The van der Waals surface area contributed by atoms with Crippen LogP contribution in [-0.2, 0) is 0 Å². The average Bonchev–Trinajstić information content (AvgIpc) is 3.10. The Morgan fingerprint density at radius 1 is 1.19 bits per heavy atom. The summed E-state index contributed by atoms with van der Waals surface area (Å²) in [6.45, 7) is 3.75. The Morgan fingerprint density at radius 2 is 2.00 bits per heavy atom. The van der Waals surface area contributed by atoms with Crippen molar-refractivity contribution in [1.82, 2.24) is 25.6 Å². The first-order chi connectivity index (χ1) is 12.8. The predicted octanol–water partition coefficient (Wildman–Crippen LogP) is 3.11. The van der Waals surface area contributed by atoms with Crippen molar-refractivity contribution in [3.8, 4) is 17.1 Å². The molecule has 4 rings (SSSR count). The van der Waals surface area contributed by atoms with Gasteiger partial charge >= 0.3 is 0 Å². The third-order valence-electron chi connectivity index (χ3n) is 4.57. The van der Waals surface area contributed by atoms with Gasteiger partial charge in [-0.3, -0.25) is 0 Å². The molecule has 0 bridgehead atoms. The summed E-state index contributed by atoms with van der Waals surface area (Å²) >= 11 is 3.43. The number of aromatic amines is 1. The highest BCUT2D eigenvalue weighted by Gasteiger charge is 2.11. The summed E-state index contributed by atoms with van der Waals surface area (Å²) in [5, 5.41) is 6.93. The molecule has 1 aliphatic heterocycles. The van der Waals surface area contributed by atoms with E-state index >= 15 is 0 Å². The molecule has 3 aromatic rings. The smallest absolute Gasteiger partial charge is 0.178 e. The van der Waals surface area contributed by atoms with E-state index in [1.54, 1.807) is 6.20 Å². The number of benzene rings is 1. The largest absolute Gasteiger partial charge is 0.492 e. The Kier molecular flexibility index (Phi) is 5.48. The number of H-pyrrole nitrogens is 1. The molecule has 7 heteroatoms. The summed E-state index contributed by atoms with van der Waals surface area (Å²) < 4.78 is 6.77. The molecular formula is C19H22BrN5O. The number of hydrogen-bond acceptors (Lipinski definition) is 5. The minimum Gasteiger partial charge on any atom is -0.492 e. The fourth-order valence-electron chi connectivity index (χ4n) is 3.18. The van der Waals surface area contributed by atoms with Crippen LogP contribution in [0.4, 0.5) is 0 Å². The molecule has 1 saturated heterocycles. The maximum atomic E-state index is 5.84. The van der Waals surface area contributed by atoms with Gasteiger partial charge in [0.05, 0.1) is 5.52 Å². The van der Waals surface area contributed by atoms with Gasteiger partial charge in [-0.05, 0) is 72.2 Å². The Balaban J connectivity index is 1.32. The van der Waals surface area contributed by atoms with E-state index in [4.69, 9.17) is 4.74 Å². The van der Waals surface area contributed by atoms with E-state index < -0.39 is 0 Å². The van der Waals surface area contributed by atoms with E-state index in [9.17, 15) is 0 Å². The third-order valence-corrected chi connectivity index (χ3v) is 5.01. The van der Waals surface area contributed by atoms with Crippen molar-refractivity contribution in [2.24, 2.45) is 0 Å². The lowest BCUT2D eigenvalue weighted by Gasteiger charge is -2.23. The standard InChI is InChI=1S/C19H22BrN5O/c20-14-11-17-19(23-12-14)25-18(24-17)13-1-3-16(4-2-13)26-10-9-22-15-5-7-21-8-6-15/h1-4,11-12,15,21-22H,5-10H2,(H,23,24,25). The van der Waals surface area contributed by atoms with Crippen molar-refractivity contribution < 1.29 is 4.74 Å². The number of rotatable bonds is 6. The molecule has 1 aliphatic rings. The Morgan fingerprint density at radius 3 is 2.81 bits per heavy atom. The SMILES string of the molecule is Brc1cnc2nc(-c3ccc(OCCNC4CCNCC4)cc3)[nH]c2c1. The van der Waals surface area contributed by atoms with Gasteiger partial charge in [0.25, 0.3) is 0 Å². The number of nitrogens with one attached hydrogen (secondary N) is 3. The van der Waals surface area contributed by atoms with Crippen molar-refractivity contribution in [3.63, 3.8) is 0 Å². The number of pyridine rings is 1. The molecule has 6 nitrogen and oxygen atoms in total. The zero-order valence-electron chi connectivity index (χ0n) is 14.5. The van der Waals surface area contributed by atoms with E-state index in [1.165, 1.54) is 12.8 Å². The van der Waals surface area contributed by atoms with Crippen molar-refractivity contribution in [2.45, 2.75) is 18.9 Å². The maximum Gasteiger partial charge on any atom is 0.178 e. The van der Waals surface area contributed by atoms with Gasteiger partial charge in [-0.2, -0.15) is 0 Å². The van der Waals surface area contributed by atoms with Crippen LogP contribution in [0, 0.1) is 0 Å². The normalized spacial score (nSPS) is 15.4. The lowest BCUT2D eigenvalue weighted by Crippen LogP contribution is -2.41. The lowest BCUT2D eigenvalue weighted by molar-refractivity contribution is 0.292. The van der Waals surface area contributed by atoms with E-state index in [0.717, 1.165) is 46.8 Å². The van der Waals surface area contributed by atoms with E-state index in [1.807, 2.05) is 30.3 Å². The molecule has 0 saturated carbocycles. The van der Waals surface area contributed by atoms with Gasteiger partial charge in [0.1, 0.15) is 18.2 Å². The summed E-state index contributed by atoms with van der Waals surface area (Å²) in [5.74, 6) is 1.68. The second-order valence-corrected chi connectivity index (χ2v) is 7.38. The molecule has 2 aromatic heterocycles. The zero-order chi connectivity index (χ0) is 17.8. The molecule has 0 radical (unpaired) electrons. The number of aromatic nitrogens is 3. The summed E-state index contributed by atoms with van der Waals surface area (Å²) in [6.07, 6.45) is 4.14. The van der Waals surface area contributed by atoms with Crippen molar-refractivity contribution in [1.29, 1.82) is 0 Å². The minimum atomic E-state index is 0.615. The first kappa shape index (κ1) is 17.5. The molecule has 26 heavy (non-hydrogen) atoms. The molecule has 1 aromatic carbocycles. The highest BCUT2D eigenvalue weighted by atomic mass is 79.9. The molecule has 3 heterocycles. The van der Waals surface area contributed by atoms with Crippen molar-refractivity contribution in [2.75, 3.05) is 26.2 Å². The Hall–Kier alpha value is -1.96. The first-order valence-corrected chi connectivity index (χ1v) is 9.76. The Labute approximate surface area is 160 Å². The number of piperidine rings is 1. The van der Waals surface area contributed by atoms with Gasteiger partial charge in [0.15, 0.2) is 5.65 Å². The van der Waals surface area contributed by atoms with Crippen LogP contribution >= 0.6 is 15.9 Å². The number of nitrogens with zero attached hydrogens (tertiary/aromatic N) is 2. The van der Waals surface area contributed by atoms with Crippen LogP contribution in [0.2, 0.25) is 0 Å².